The van der Waals surface area contributed by atoms with E-state index in [1.165, 1.54) is 29.3 Å². The van der Waals surface area contributed by atoms with Crippen LogP contribution in [-0.4, -0.2) is 22.1 Å². The number of anilines is 2. The van der Waals surface area contributed by atoms with Crippen LogP contribution in [0.3, 0.4) is 0 Å². The molecule has 1 aliphatic heterocycles. The number of carboxylic acid groups (broad SMARTS) is 1. The zero-order valence-electron chi connectivity index (χ0n) is 21.2. The average Bonchev–Trinajstić information content (AvgIpc) is 3.49. The van der Waals surface area contributed by atoms with Crippen molar-refractivity contribution in [3.05, 3.63) is 125 Å². The van der Waals surface area contributed by atoms with Crippen molar-refractivity contribution < 1.29 is 33.0 Å². The van der Waals surface area contributed by atoms with Crippen LogP contribution in [0, 0.1) is 0 Å². The number of phenols is 1. The Labute approximate surface area is 232 Å². The zero-order chi connectivity index (χ0) is 28.9. The molecule has 3 N–H and O–H groups in total. The fourth-order valence-electron chi connectivity index (χ4n) is 5.16. The Morgan fingerprint density at radius 3 is 2.46 bits per heavy atom. The van der Waals surface area contributed by atoms with Gasteiger partial charge in [0.25, 0.3) is 5.91 Å². The van der Waals surface area contributed by atoms with Crippen LogP contribution in [0.2, 0.25) is 0 Å². The number of fused-ring (bicyclic) bond motifs is 2. The number of hydrogen-bond donors (Lipinski definition) is 3. The second-order valence-electron chi connectivity index (χ2n) is 9.67. The number of nitrogens with zero attached hydrogens (tertiary/aromatic N) is 1. The molecule has 41 heavy (non-hydrogen) atoms. The highest BCUT2D eigenvalue weighted by molar-refractivity contribution is 6.34. The molecule has 4 aromatic rings. The smallest absolute Gasteiger partial charge is 0.416 e. The monoisotopic (exact) mass is 554 g/mol. The lowest BCUT2D eigenvalue weighted by molar-refractivity contribution is -0.137. The highest BCUT2D eigenvalue weighted by Crippen LogP contribution is 2.45. The molecule has 1 heterocycles. The first-order valence-corrected chi connectivity index (χ1v) is 12.6. The van der Waals surface area contributed by atoms with Gasteiger partial charge in [-0.15, -0.1) is 0 Å². The first-order valence-electron chi connectivity index (χ1n) is 12.6. The molecule has 0 radical (unpaired) electrons. The van der Waals surface area contributed by atoms with Crippen molar-refractivity contribution in [1.29, 1.82) is 0 Å². The number of rotatable bonds is 5. The predicted octanol–water partition coefficient (Wildman–Crippen LogP) is 7.17. The van der Waals surface area contributed by atoms with Crippen molar-refractivity contribution in [3.63, 3.8) is 0 Å². The van der Waals surface area contributed by atoms with Gasteiger partial charge >= 0.3 is 12.1 Å². The van der Waals surface area contributed by atoms with Gasteiger partial charge in [0.2, 0.25) is 0 Å². The highest BCUT2D eigenvalue weighted by atomic mass is 19.4. The van der Waals surface area contributed by atoms with E-state index in [-0.39, 0.29) is 28.3 Å². The lowest BCUT2D eigenvalue weighted by Gasteiger charge is -2.19. The van der Waals surface area contributed by atoms with Crippen molar-refractivity contribution in [2.24, 2.45) is 0 Å². The first-order chi connectivity index (χ1) is 19.6. The molecular formula is C32H21F3N2O4. The molecule has 0 atom stereocenters. The number of para-hydroxylation sites is 1. The Kier molecular flexibility index (Phi) is 6.14. The molecule has 0 saturated carbocycles. The number of aromatic hydroxyl groups is 1. The quantitative estimate of drug-likeness (QED) is 0.180. The molecule has 0 fully saturated rings. The van der Waals surface area contributed by atoms with E-state index in [9.17, 15) is 33.0 Å². The number of hydrogen-bond acceptors (Lipinski definition) is 4. The molecule has 4 aromatic carbocycles. The molecule has 0 spiro atoms. The van der Waals surface area contributed by atoms with Gasteiger partial charge in [0.1, 0.15) is 5.75 Å². The average molecular weight is 555 g/mol. The number of allylic oxidation sites excluding steroid dienone is 1. The molecule has 6 nitrogen and oxygen atoms in total. The Bertz CT molecular complexity index is 1810. The number of carbonyl (C=O) groups is 2. The van der Waals surface area contributed by atoms with Gasteiger partial charge in [-0.25, -0.2) is 4.79 Å². The van der Waals surface area contributed by atoms with Crippen molar-refractivity contribution in [2.75, 3.05) is 10.2 Å². The Morgan fingerprint density at radius 2 is 1.71 bits per heavy atom. The minimum Gasteiger partial charge on any atom is -0.505 e. The molecule has 0 aromatic heterocycles. The molecule has 1 amide bonds. The second-order valence-corrected chi connectivity index (χ2v) is 9.67. The van der Waals surface area contributed by atoms with E-state index < -0.39 is 23.6 Å². The van der Waals surface area contributed by atoms with E-state index in [1.54, 1.807) is 36.4 Å². The molecule has 204 valence electrons. The van der Waals surface area contributed by atoms with E-state index in [4.69, 9.17) is 0 Å². The van der Waals surface area contributed by atoms with Gasteiger partial charge in [-0.2, -0.15) is 13.2 Å². The molecule has 2 aliphatic rings. The van der Waals surface area contributed by atoms with Gasteiger partial charge in [0.15, 0.2) is 0 Å². The summed E-state index contributed by atoms with van der Waals surface area (Å²) in [7, 11) is 0. The van der Waals surface area contributed by atoms with E-state index in [2.05, 4.69) is 5.32 Å². The van der Waals surface area contributed by atoms with E-state index in [0.29, 0.717) is 28.8 Å². The minimum absolute atomic E-state index is 0.0530. The number of benzene rings is 4. The molecule has 6 rings (SSSR count). The predicted molar refractivity (Wildman–Crippen MR) is 149 cm³/mol. The summed E-state index contributed by atoms with van der Waals surface area (Å²) in [6.07, 6.45) is -1.04. The summed E-state index contributed by atoms with van der Waals surface area (Å²) < 4.78 is 40.9. The van der Waals surface area contributed by atoms with Crippen LogP contribution in [0.5, 0.6) is 5.75 Å². The number of carbonyl (C=O) groups excluding carboxylic acids is 1. The molecule has 0 saturated heterocycles. The van der Waals surface area contributed by atoms with E-state index >= 15 is 0 Å². The number of carboxylic acids is 1. The maximum atomic E-state index is 13.7. The molecular weight excluding hydrogens is 533 g/mol. The highest BCUT2D eigenvalue weighted by Gasteiger charge is 2.39. The molecule has 1 aliphatic carbocycles. The summed E-state index contributed by atoms with van der Waals surface area (Å²) in [6, 6.07) is 21.6. The summed E-state index contributed by atoms with van der Waals surface area (Å²) in [6.45, 7) is 0. The summed E-state index contributed by atoms with van der Waals surface area (Å²) in [5, 5.41) is 23.2. The van der Waals surface area contributed by atoms with Crippen LogP contribution in [0.4, 0.5) is 24.5 Å². The number of nitrogens with one attached hydrogen (secondary N) is 1. The Morgan fingerprint density at radius 1 is 0.927 bits per heavy atom. The van der Waals surface area contributed by atoms with Gasteiger partial charge < -0.3 is 15.5 Å². The van der Waals surface area contributed by atoms with E-state index in [0.717, 1.165) is 23.3 Å². The lowest BCUT2D eigenvalue weighted by atomic mass is 10.0. The first kappa shape index (κ1) is 25.9. The van der Waals surface area contributed by atoms with Gasteiger partial charge in [-0.3, -0.25) is 9.69 Å². The maximum absolute atomic E-state index is 13.7. The number of phenolic OH excluding ortho intramolecular Hbond substituents is 1. The zero-order valence-corrected chi connectivity index (χ0v) is 21.2. The SMILES string of the molecule is O=C(O)c1cccc(-c2cccc(NC=C3C(=O)N(C4=Cc5ccccc5C4)c4cc(C(F)(F)F)ccc43)c2O)c1. The number of halogens is 3. The minimum atomic E-state index is -4.59. The third kappa shape index (κ3) is 4.61. The van der Waals surface area contributed by atoms with Gasteiger partial charge in [-0.1, -0.05) is 54.6 Å². The summed E-state index contributed by atoms with van der Waals surface area (Å²) in [5.74, 6) is -1.80. The van der Waals surface area contributed by atoms with Crippen molar-refractivity contribution >= 4 is 34.9 Å². The van der Waals surface area contributed by atoms with Gasteiger partial charge in [-0.05, 0) is 53.1 Å². The van der Waals surface area contributed by atoms with Gasteiger partial charge in [0, 0.05) is 29.4 Å². The normalized spacial score (nSPS) is 15.1. The lowest BCUT2D eigenvalue weighted by Crippen LogP contribution is -2.26. The standard InChI is InChI=1S/C32H21F3N2O4/c33-32(34,35)22-11-12-25-26(30(39)37(28(25)16-22)23-14-18-5-1-2-6-19(18)15-23)17-36-27-10-4-9-24(29(27)38)20-7-3-8-21(13-20)31(40)41/h1-14,16-17,36,38H,15H2,(H,40,41). The van der Waals surface area contributed by atoms with Crippen LogP contribution in [0.1, 0.15) is 32.6 Å². The molecule has 9 heteroatoms. The Hall–Kier alpha value is -5.31. The second kappa shape index (κ2) is 9.71. The van der Waals surface area contributed by atoms with Crippen LogP contribution < -0.4 is 10.2 Å². The van der Waals surface area contributed by atoms with Crippen LogP contribution in [-0.2, 0) is 17.4 Å². The third-order valence-electron chi connectivity index (χ3n) is 7.15. The van der Waals surface area contributed by atoms with Crippen LogP contribution >= 0.6 is 0 Å². The molecule has 0 unspecified atom stereocenters. The fourth-order valence-corrected chi connectivity index (χ4v) is 5.16. The largest absolute Gasteiger partial charge is 0.505 e. The number of amides is 1. The maximum Gasteiger partial charge on any atom is 0.416 e. The van der Waals surface area contributed by atoms with E-state index in [1.807, 2.05) is 24.3 Å². The van der Waals surface area contributed by atoms with Crippen molar-refractivity contribution in [2.45, 2.75) is 12.6 Å². The topological polar surface area (TPSA) is 89.9 Å². The van der Waals surface area contributed by atoms with Crippen molar-refractivity contribution in [3.8, 4) is 16.9 Å². The number of aromatic carboxylic acids is 1. The number of alkyl halides is 3. The summed E-state index contributed by atoms with van der Waals surface area (Å²) >= 11 is 0. The van der Waals surface area contributed by atoms with Crippen LogP contribution in [0.15, 0.2) is 96.8 Å². The summed E-state index contributed by atoms with van der Waals surface area (Å²) in [4.78, 5) is 26.4. The molecule has 0 bridgehead atoms. The van der Waals surface area contributed by atoms with Crippen LogP contribution in [0.25, 0.3) is 22.8 Å². The Balaban J connectivity index is 1.38. The summed E-state index contributed by atoms with van der Waals surface area (Å²) in [5.41, 5.74) is 3.23. The fraction of sp³-hybridized carbons (Fsp3) is 0.0625. The van der Waals surface area contributed by atoms with Gasteiger partial charge in [0.05, 0.1) is 28.1 Å². The van der Waals surface area contributed by atoms with Crippen molar-refractivity contribution in [1.82, 2.24) is 0 Å². The third-order valence-corrected chi connectivity index (χ3v) is 7.15.